The van der Waals surface area contributed by atoms with Crippen LogP contribution in [-0.4, -0.2) is 38.1 Å². The Hall–Kier alpha value is -2.88. The zero-order chi connectivity index (χ0) is 20.1. The lowest BCUT2D eigenvalue weighted by atomic mass is 10.1. The van der Waals surface area contributed by atoms with Crippen LogP contribution in [0.4, 0.5) is 13.2 Å². The van der Waals surface area contributed by atoms with Crippen molar-refractivity contribution in [2.75, 3.05) is 5.75 Å². The Labute approximate surface area is 162 Å². The molecule has 28 heavy (non-hydrogen) atoms. The van der Waals surface area contributed by atoms with Crippen LogP contribution in [0.5, 0.6) is 5.75 Å². The van der Waals surface area contributed by atoms with E-state index in [0.29, 0.717) is 16.4 Å². The molecule has 0 radical (unpaired) electrons. The SMILES string of the molecule is CCc1ccc(C(=O)CSc2nnnn2-c2ccc(OC(F)(F)F)cc2)cc1. The highest BCUT2D eigenvalue weighted by molar-refractivity contribution is 7.99. The fourth-order valence-corrected chi connectivity index (χ4v) is 3.15. The molecule has 1 aromatic heterocycles. The molecular formula is C18H15F3N4O2S. The van der Waals surface area contributed by atoms with Crippen molar-refractivity contribution in [1.29, 1.82) is 0 Å². The average molecular weight is 408 g/mol. The number of carbonyl (C=O) groups excluding carboxylic acids is 1. The number of alkyl halides is 3. The van der Waals surface area contributed by atoms with Crippen LogP contribution in [0.25, 0.3) is 5.69 Å². The van der Waals surface area contributed by atoms with E-state index in [2.05, 4.69) is 20.3 Å². The predicted molar refractivity (Wildman–Crippen MR) is 96.7 cm³/mol. The molecule has 1 heterocycles. The Kier molecular flexibility index (Phi) is 5.98. The molecule has 3 aromatic rings. The van der Waals surface area contributed by atoms with Crippen molar-refractivity contribution in [1.82, 2.24) is 20.2 Å². The number of carbonyl (C=O) groups is 1. The topological polar surface area (TPSA) is 69.9 Å². The number of aryl methyl sites for hydroxylation is 1. The third-order valence-electron chi connectivity index (χ3n) is 3.77. The molecule has 146 valence electrons. The maximum Gasteiger partial charge on any atom is 0.573 e. The summed E-state index contributed by atoms with van der Waals surface area (Å²) in [4.78, 5) is 12.3. The van der Waals surface area contributed by atoms with Crippen LogP contribution in [0.1, 0.15) is 22.8 Å². The molecule has 3 rings (SSSR count). The Morgan fingerprint density at radius 3 is 2.39 bits per heavy atom. The van der Waals surface area contributed by atoms with Crippen LogP contribution < -0.4 is 4.74 Å². The van der Waals surface area contributed by atoms with Crippen molar-refractivity contribution >= 4 is 17.5 Å². The Morgan fingerprint density at radius 2 is 1.79 bits per heavy atom. The van der Waals surface area contributed by atoms with Crippen molar-refractivity contribution in [2.24, 2.45) is 0 Å². The lowest BCUT2D eigenvalue weighted by Gasteiger charge is -2.09. The molecule has 0 saturated heterocycles. The molecule has 0 aliphatic rings. The molecule has 2 aromatic carbocycles. The summed E-state index contributed by atoms with van der Waals surface area (Å²) >= 11 is 1.14. The summed E-state index contributed by atoms with van der Waals surface area (Å²) in [5, 5.41) is 11.6. The first kappa shape index (κ1) is 19.9. The van der Waals surface area contributed by atoms with Crippen molar-refractivity contribution in [2.45, 2.75) is 24.9 Å². The molecule has 0 spiro atoms. The molecule has 0 atom stereocenters. The van der Waals surface area contributed by atoms with E-state index in [1.165, 1.54) is 28.9 Å². The predicted octanol–water partition coefficient (Wildman–Crippen LogP) is 4.10. The lowest BCUT2D eigenvalue weighted by molar-refractivity contribution is -0.274. The lowest BCUT2D eigenvalue weighted by Crippen LogP contribution is -2.17. The van der Waals surface area contributed by atoms with Gasteiger partial charge in [0.15, 0.2) is 5.78 Å². The molecule has 0 bridgehead atoms. The summed E-state index contributed by atoms with van der Waals surface area (Å²) < 4.78 is 41.9. The number of ether oxygens (including phenoxy) is 1. The standard InChI is InChI=1S/C18H15F3N4O2S/c1-2-12-3-5-13(6-4-12)16(26)11-28-17-22-23-24-25(17)14-7-9-15(10-8-14)27-18(19,20)21/h3-10H,2,11H2,1H3. The summed E-state index contributed by atoms with van der Waals surface area (Å²) in [5.74, 6) is -0.290. The van der Waals surface area contributed by atoms with Gasteiger partial charge in [-0.15, -0.1) is 18.3 Å². The Bertz CT molecular complexity index is 941. The number of rotatable bonds is 7. The van der Waals surface area contributed by atoms with E-state index in [0.717, 1.165) is 23.7 Å². The van der Waals surface area contributed by atoms with E-state index in [4.69, 9.17) is 0 Å². The van der Waals surface area contributed by atoms with Gasteiger partial charge in [-0.3, -0.25) is 4.79 Å². The van der Waals surface area contributed by atoms with Crippen LogP contribution in [0.3, 0.4) is 0 Å². The van der Waals surface area contributed by atoms with E-state index in [1.54, 1.807) is 12.1 Å². The smallest absolute Gasteiger partial charge is 0.406 e. The summed E-state index contributed by atoms with van der Waals surface area (Å²) in [6.07, 6.45) is -3.86. The van der Waals surface area contributed by atoms with E-state index >= 15 is 0 Å². The van der Waals surface area contributed by atoms with Crippen LogP contribution in [0.2, 0.25) is 0 Å². The molecule has 0 aliphatic heterocycles. The summed E-state index contributed by atoms with van der Waals surface area (Å²) in [6, 6.07) is 12.5. The molecule has 0 N–H and O–H groups in total. The minimum Gasteiger partial charge on any atom is -0.406 e. The van der Waals surface area contributed by atoms with Crippen molar-refractivity contribution in [3.8, 4) is 11.4 Å². The van der Waals surface area contributed by atoms with Gasteiger partial charge in [-0.2, -0.15) is 4.68 Å². The van der Waals surface area contributed by atoms with Gasteiger partial charge in [0.2, 0.25) is 5.16 Å². The highest BCUT2D eigenvalue weighted by atomic mass is 32.2. The molecular weight excluding hydrogens is 393 g/mol. The second kappa shape index (κ2) is 8.42. The van der Waals surface area contributed by atoms with E-state index < -0.39 is 6.36 Å². The highest BCUT2D eigenvalue weighted by Gasteiger charge is 2.31. The van der Waals surface area contributed by atoms with Crippen LogP contribution in [-0.2, 0) is 6.42 Å². The number of nitrogens with zero attached hydrogens (tertiary/aromatic N) is 4. The van der Waals surface area contributed by atoms with Gasteiger partial charge >= 0.3 is 6.36 Å². The monoisotopic (exact) mass is 408 g/mol. The first-order chi connectivity index (χ1) is 13.4. The van der Waals surface area contributed by atoms with Gasteiger partial charge in [-0.1, -0.05) is 43.0 Å². The van der Waals surface area contributed by atoms with E-state index in [1.807, 2.05) is 19.1 Å². The number of aromatic nitrogens is 4. The van der Waals surface area contributed by atoms with Crippen LogP contribution in [0.15, 0.2) is 53.7 Å². The van der Waals surface area contributed by atoms with Gasteiger partial charge in [0.05, 0.1) is 11.4 Å². The maximum atomic E-state index is 12.3. The molecule has 0 saturated carbocycles. The van der Waals surface area contributed by atoms with Gasteiger partial charge in [0.1, 0.15) is 5.75 Å². The minimum atomic E-state index is -4.76. The molecule has 0 aliphatic carbocycles. The number of tetrazole rings is 1. The number of halogens is 3. The molecule has 10 heteroatoms. The van der Waals surface area contributed by atoms with E-state index in [9.17, 15) is 18.0 Å². The summed E-state index contributed by atoms with van der Waals surface area (Å²) in [7, 11) is 0. The summed E-state index contributed by atoms with van der Waals surface area (Å²) in [5.41, 5.74) is 2.19. The number of Topliss-reactive ketones (excluding diaryl/α,β-unsaturated/α-hetero) is 1. The third kappa shape index (κ3) is 5.10. The van der Waals surface area contributed by atoms with Gasteiger partial charge in [0, 0.05) is 5.56 Å². The third-order valence-corrected chi connectivity index (χ3v) is 4.69. The number of thioether (sulfide) groups is 1. The normalized spacial score (nSPS) is 11.4. The fourth-order valence-electron chi connectivity index (χ4n) is 2.36. The van der Waals surface area contributed by atoms with Crippen LogP contribution in [0, 0.1) is 0 Å². The van der Waals surface area contributed by atoms with Gasteiger partial charge in [-0.05, 0) is 46.7 Å². The molecule has 0 amide bonds. The quantitative estimate of drug-likeness (QED) is 0.433. The Morgan fingerprint density at radius 1 is 1.11 bits per heavy atom. The van der Waals surface area contributed by atoms with Gasteiger partial charge < -0.3 is 4.74 Å². The zero-order valence-electron chi connectivity index (χ0n) is 14.7. The highest BCUT2D eigenvalue weighted by Crippen LogP contribution is 2.25. The van der Waals surface area contributed by atoms with Crippen molar-refractivity contribution < 1.29 is 22.7 Å². The number of benzene rings is 2. The maximum absolute atomic E-state index is 12.3. The largest absolute Gasteiger partial charge is 0.573 e. The first-order valence-corrected chi connectivity index (χ1v) is 9.24. The Balaban J connectivity index is 1.67. The van der Waals surface area contributed by atoms with Crippen molar-refractivity contribution in [3.05, 3.63) is 59.7 Å². The molecule has 0 unspecified atom stereocenters. The van der Waals surface area contributed by atoms with Crippen molar-refractivity contribution in [3.63, 3.8) is 0 Å². The molecule has 6 nitrogen and oxygen atoms in total. The summed E-state index contributed by atoms with van der Waals surface area (Å²) in [6.45, 7) is 2.04. The van der Waals surface area contributed by atoms with E-state index in [-0.39, 0.29) is 17.3 Å². The molecule has 0 fully saturated rings. The van der Waals surface area contributed by atoms with Gasteiger partial charge in [0.25, 0.3) is 0 Å². The number of hydrogen-bond acceptors (Lipinski definition) is 6. The zero-order valence-corrected chi connectivity index (χ0v) is 15.5. The average Bonchev–Trinajstić information content (AvgIpc) is 3.14. The van der Waals surface area contributed by atoms with Gasteiger partial charge in [-0.25, -0.2) is 0 Å². The van der Waals surface area contributed by atoms with Crippen LogP contribution >= 0.6 is 11.8 Å². The number of ketones is 1. The second-order valence-electron chi connectivity index (χ2n) is 5.68. The minimum absolute atomic E-state index is 0.0730. The second-order valence-corrected chi connectivity index (χ2v) is 6.62. The number of hydrogen-bond donors (Lipinski definition) is 0. The first-order valence-electron chi connectivity index (χ1n) is 8.25. The fraction of sp³-hybridized carbons (Fsp3) is 0.222.